The van der Waals surface area contributed by atoms with Crippen molar-refractivity contribution < 1.29 is 22.1 Å². The van der Waals surface area contributed by atoms with Crippen LogP contribution in [0.3, 0.4) is 0 Å². The highest BCUT2D eigenvalue weighted by Crippen LogP contribution is 2.29. The number of benzene rings is 1. The smallest absolute Gasteiger partial charge is 0.380 e. The zero-order valence-corrected chi connectivity index (χ0v) is 13.8. The molecule has 0 amide bonds. The van der Waals surface area contributed by atoms with Gasteiger partial charge in [-0.15, -0.1) is 0 Å². The summed E-state index contributed by atoms with van der Waals surface area (Å²) in [6.07, 6.45) is -4.79. The molecule has 0 radical (unpaired) electrons. The predicted molar refractivity (Wildman–Crippen MR) is 87.5 cm³/mol. The van der Waals surface area contributed by atoms with Crippen molar-refractivity contribution in [2.45, 2.75) is 19.6 Å². The molecule has 0 saturated heterocycles. The van der Waals surface area contributed by atoms with Crippen LogP contribution in [0.2, 0.25) is 0 Å². The second-order valence-electron chi connectivity index (χ2n) is 5.52. The minimum Gasteiger partial charge on any atom is -0.380 e. The average Bonchev–Trinajstić information content (AvgIpc) is 3.12. The van der Waals surface area contributed by atoms with Gasteiger partial charge in [0.1, 0.15) is 17.2 Å². The maximum Gasteiger partial charge on any atom is 0.471 e. The van der Waals surface area contributed by atoms with Crippen LogP contribution in [0.4, 0.5) is 28.9 Å². The van der Waals surface area contributed by atoms with Gasteiger partial charge in [0.05, 0.1) is 0 Å². The van der Waals surface area contributed by atoms with Crippen LogP contribution in [-0.2, 0) is 12.7 Å². The first-order valence-electron chi connectivity index (χ1n) is 7.73. The number of aromatic nitrogens is 2. The Hall–Kier alpha value is -3.24. The van der Waals surface area contributed by atoms with Crippen molar-refractivity contribution >= 4 is 11.4 Å². The summed E-state index contributed by atoms with van der Waals surface area (Å²) >= 11 is 0. The quantitative estimate of drug-likeness (QED) is 0.498. The Balaban J connectivity index is 1.76. The van der Waals surface area contributed by atoms with Gasteiger partial charge in [-0.1, -0.05) is 17.3 Å². The van der Waals surface area contributed by atoms with E-state index in [2.05, 4.69) is 25.3 Å². The first-order chi connectivity index (χ1) is 12.7. The predicted octanol–water partition coefficient (Wildman–Crippen LogP) is 2.53. The zero-order valence-electron chi connectivity index (χ0n) is 13.8. The zero-order chi connectivity index (χ0) is 19.8. The Bertz CT molecular complexity index is 1050. The van der Waals surface area contributed by atoms with Gasteiger partial charge in [-0.25, -0.2) is 4.39 Å². The maximum absolute atomic E-state index is 14.2. The van der Waals surface area contributed by atoms with E-state index in [9.17, 15) is 27.2 Å². The van der Waals surface area contributed by atoms with E-state index in [-0.39, 0.29) is 29.0 Å². The van der Waals surface area contributed by atoms with Crippen molar-refractivity contribution in [1.82, 2.24) is 10.1 Å². The summed E-state index contributed by atoms with van der Waals surface area (Å²) in [6, 6.07) is 3.58. The number of nitrogens with zero attached hydrogens (tertiary/aromatic N) is 2. The number of rotatable bonds is 6. The fourth-order valence-corrected chi connectivity index (χ4v) is 2.37. The van der Waals surface area contributed by atoms with Crippen molar-refractivity contribution in [2.24, 2.45) is 0 Å². The second-order valence-corrected chi connectivity index (χ2v) is 5.52. The van der Waals surface area contributed by atoms with E-state index in [1.165, 1.54) is 12.1 Å². The molecule has 0 saturated carbocycles. The number of anilines is 2. The third kappa shape index (κ3) is 3.52. The first-order valence-corrected chi connectivity index (χ1v) is 7.73. The Morgan fingerprint density at radius 2 is 1.78 bits per heavy atom. The minimum absolute atomic E-state index is 0.00190. The van der Waals surface area contributed by atoms with E-state index >= 15 is 0 Å². The molecule has 0 bridgehead atoms. The van der Waals surface area contributed by atoms with Crippen LogP contribution in [0.5, 0.6) is 0 Å². The lowest BCUT2D eigenvalue weighted by molar-refractivity contribution is -0.159. The molecule has 11 heteroatoms. The van der Waals surface area contributed by atoms with Gasteiger partial charge in [-0.2, -0.15) is 18.2 Å². The Morgan fingerprint density at radius 3 is 2.33 bits per heavy atom. The van der Waals surface area contributed by atoms with Gasteiger partial charge in [0, 0.05) is 24.2 Å². The SMILES string of the molecule is CCNc1c(NCc2ccc(-c3noc(C(F)(F)F)n3)cc2F)c(=O)c1=O. The van der Waals surface area contributed by atoms with Crippen LogP contribution in [0.1, 0.15) is 18.4 Å². The van der Waals surface area contributed by atoms with Crippen molar-refractivity contribution in [1.29, 1.82) is 0 Å². The van der Waals surface area contributed by atoms with E-state index < -0.39 is 34.6 Å². The molecular weight excluding hydrogens is 372 g/mol. The molecule has 0 unspecified atom stereocenters. The number of hydrogen-bond donors (Lipinski definition) is 2. The van der Waals surface area contributed by atoms with E-state index in [0.29, 0.717) is 6.54 Å². The molecule has 3 rings (SSSR count). The molecule has 0 aliphatic rings. The molecule has 0 aliphatic heterocycles. The van der Waals surface area contributed by atoms with Crippen molar-refractivity contribution in [3.05, 3.63) is 55.9 Å². The lowest BCUT2D eigenvalue weighted by atomic mass is 10.1. The van der Waals surface area contributed by atoms with E-state index in [1.807, 2.05) is 0 Å². The maximum atomic E-state index is 14.2. The van der Waals surface area contributed by atoms with Gasteiger partial charge in [0.25, 0.3) is 10.9 Å². The van der Waals surface area contributed by atoms with Crippen LogP contribution in [-0.4, -0.2) is 16.7 Å². The number of nitrogens with one attached hydrogen (secondary N) is 2. The van der Waals surface area contributed by atoms with Gasteiger partial charge >= 0.3 is 12.1 Å². The summed E-state index contributed by atoms with van der Waals surface area (Å²) in [5.41, 5.74) is -1.00. The van der Waals surface area contributed by atoms with Gasteiger partial charge in [-0.3, -0.25) is 9.59 Å². The Morgan fingerprint density at radius 1 is 1.11 bits per heavy atom. The van der Waals surface area contributed by atoms with Gasteiger partial charge < -0.3 is 15.2 Å². The van der Waals surface area contributed by atoms with Gasteiger partial charge in [0.2, 0.25) is 5.82 Å². The van der Waals surface area contributed by atoms with E-state index in [1.54, 1.807) is 6.92 Å². The molecule has 142 valence electrons. The molecule has 1 aromatic heterocycles. The largest absolute Gasteiger partial charge is 0.471 e. The number of alkyl halides is 3. The molecule has 0 fully saturated rings. The molecule has 2 aromatic carbocycles. The van der Waals surface area contributed by atoms with Crippen LogP contribution in [0, 0.1) is 5.82 Å². The number of hydrogen-bond acceptors (Lipinski definition) is 7. The van der Waals surface area contributed by atoms with Gasteiger partial charge in [0.15, 0.2) is 0 Å². The molecule has 0 spiro atoms. The lowest BCUT2D eigenvalue weighted by Gasteiger charge is -2.14. The molecule has 27 heavy (non-hydrogen) atoms. The summed E-state index contributed by atoms with van der Waals surface area (Å²) in [5.74, 6) is -2.68. The summed E-state index contributed by atoms with van der Waals surface area (Å²) in [4.78, 5) is 26.2. The highest BCUT2D eigenvalue weighted by Gasteiger charge is 2.38. The second kappa shape index (κ2) is 6.82. The third-order valence-electron chi connectivity index (χ3n) is 3.70. The normalized spacial score (nSPS) is 11.7. The minimum atomic E-state index is -4.79. The monoisotopic (exact) mass is 384 g/mol. The fourth-order valence-electron chi connectivity index (χ4n) is 2.37. The molecule has 2 N–H and O–H groups in total. The van der Waals surface area contributed by atoms with Crippen LogP contribution < -0.4 is 21.5 Å². The topological polar surface area (TPSA) is 97.1 Å². The summed E-state index contributed by atoms with van der Waals surface area (Å²) in [7, 11) is 0. The van der Waals surface area contributed by atoms with Crippen LogP contribution in [0.25, 0.3) is 11.4 Å². The van der Waals surface area contributed by atoms with Gasteiger partial charge in [-0.05, 0) is 13.0 Å². The summed E-state index contributed by atoms with van der Waals surface area (Å²) < 4.78 is 55.8. The van der Waals surface area contributed by atoms with E-state index in [0.717, 1.165) is 6.07 Å². The third-order valence-corrected chi connectivity index (χ3v) is 3.70. The molecule has 3 aromatic rings. The average molecular weight is 384 g/mol. The Labute approximate surface area is 148 Å². The molecule has 0 aliphatic carbocycles. The molecule has 7 nitrogen and oxygen atoms in total. The standard InChI is InChI=1S/C16H12F4N4O3/c1-2-21-10-11(13(26)12(10)25)22-6-8-4-3-7(5-9(8)17)14-23-15(27-24-14)16(18,19)20/h3-5,21-22H,2,6H2,1H3. The number of halogens is 4. The highest BCUT2D eigenvalue weighted by molar-refractivity contribution is 5.74. The molecule has 1 heterocycles. The molecule has 0 atom stereocenters. The van der Waals surface area contributed by atoms with Crippen LogP contribution in [0.15, 0.2) is 32.3 Å². The van der Waals surface area contributed by atoms with Crippen LogP contribution >= 0.6 is 0 Å². The van der Waals surface area contributed by atoms with Crippen molar-refractivity contribution in [2.75, 3.05) is 17.2 Å². The van der Waals surface area contributed by atoms with Crippen molar-refractivity contribution in [3.8, 4) is 11.4 Å². The summed E-state index contributed by atoms with van der Waals surface area (Å²) in [6.45, 7) is 2.09. The molecular formula is C16H12F4N4O3. The van der Waals surface area contributed by atoms with Crippen molar-refractivity contribution in [3.63, 3.8) is 0 Å². The lowest BCUT2D eigenvalue weighted by Crippen LogP contribution is -2.37. The van der Waals surface area contributed by atoms with E-state index in [4.69, 9.17) is 0 Å². The first kappa shape index (κ1) is 18.5. The summed E-state index contributed by atoms with van der Waals surface area (Å²) in [5, 5.41) is 8.61. The fraction of sp³-hybridized carbons (Fsp3) is 0.250. The Kier molecular flexibility index (Phi) is 4.68. The highest BCUT2D eigenvalue weighted by atomic mass is 19.4.